The summed E-state index contributed by atoms with van der Waals surface area (Å²) in [6, 6.07) is 8.32. The zero-order valence-electron chi connectivity index (χ0n) is 10.4. The zero-order chi connectivity index (χ0) is 12.8. The van der Waals surface area contributed by atoms with Gasteiger partial charge in [-0.3, -0.25) is 4.79 Å². The molecule has 1 aliphatic heterocycles. The Hall–Kier alpha value is -1.61. The van der Waals surface area contributed by atoms with Crippen LogP contribution in [0.4, 0.5) is 0 Å². The van der Waals surface area contributed by atoms with Gasteiger partial charge in [-0.25, -0.2) is 0 Å². The fourth-order valence-corrected chi connectivity index (χ4v) is 3.13. The van der Waals surface area contributed by atoms with E-state index in [2.05, 4.69) is 12.1 Å². The lowest BCUT2D eigenvalue weighted by molar-refractivity contribution is -0.143. The van der Waals surface area contributed by atoms with Crippen LogP contribution in [-0.2, 0) is 16.0 Å². The lowest BCUT2D eigenvalue weighted by atomic mass is 9.85. The smallest absolute Gasteiger partial charge is 0.306 e. The minimum absolute atomic E-state index is 0.0415. The van der Waals surface area contributed by atoms with E-state index < -0.39 is 11.6 Å². The van der Waals surface area contributed by atoms with Crippen molar-refractivity contribution in [2.75, 3.05) is 6.61 Å². The summed E-state index contributed by atoms with van der Waals surface area (Å²) >= 11 is 0. The van der Waals surface area contributed by atoms with Crippen molar-refractivity contribution in [2.45, 2.75) is 31.8 Å². The Bertz CT molecular complexity index is 544. The van der Waals surface area contributed by atoms with Crippen molar-refractivity contribution in [1.29, 1.82) is 0 Å². The highest BCUT2D eigenvalue weighted by molar-refractivity contribution is 5.80. The summed E-state index contributed by atoms with van der Waals surface area (Å²) in [5.74, 6) is -0.804. The number of ether oxygens (including phenoxy) is 1. The molecule has 0 fully saturated rings. The molecule has 0 spiro atoms. The third kappa shape index (κ3) is 1.66. The monoisotopic (exact) mass is 244 g/mol. The van der Waals surface area contributed by atoms with Gasteiger partial charge in [0.25, 0.3) is 0 Å². The van der Waals surface area contributed by atoms with E-state index in [1.165, 1.54) is 16.7 Å². The quantitative estimate of drug-likeness (QED) is 0.870. The molecule has 1 heterocycles. The van der Waals surface area contributed by atoms with E-state index in [9.17, 15) is 4.79 Å². The van der Waals surface area contributed by atoms with Crippen LogP contribution in [0.1, 0.15) is 30.9 Å². The van der Waals surface area contributed by atoms with Crippen LogP contribution in [-0.4, -0.2) is 23.3 Å². The van der Waals surface area contributed by atoms with Crippen molar-refractivity contribution < 1.29 is 14.6 Å². The fourth-order valence-electron chi connectivity index (χ4n) is 3.13. The summed E-state index contributed by atoms with van der Waals surface area (Å²) in [4.78, 5) is 11.0. The first-order valence-electron chi connectivity index (χ1n) is 6.27. The van der Waals surface area contributed by atoms with Gasteiger partial charge in [-0.2, -0.15) is 0 Å². The Balaban J connectivity index is 2.04. The molecule has 3 heteroatoms. The number of carboxylic acids is 1. The molecule has 3 nitrogen and oxygen atoms in total. The molecule has 1 aliphatic carbocycles. The molecule has 1 unspecified atom stereocenters. The maximum Gasteiger partial charge on any atom is 0.306 e. The highest BCUT2D eigenvalue weighted by Gasteiger charge is 2.40. The molecular weight excluding hydrogens is 228 g/mol. The minimum atomic E-state index is -0.804. The van der Waals surface area contributed by atoms with Gasteiger partial charge in [-0.05, 0) is 42.0 Å². The fraction of sp³-hybridized carbons (Fsp3) is 0.400. The molecule has 1 atom stereocenters. The molecule has 0 radical (unpaired) electrons. The highest BCUT2D eigenvalue weighted by atomic mass is 16.5. The van der Waals surface area contributed by atoms with Crippen LogP contribution in [0.3, 0.4) is 0 Å². The van der Waals surface area contributed by atoms with E-state index in [1.807, 2.05) is 19.1 Å². The summed E-state index contributed by atoms with van der Waals surface area (Å²) in [5, 5.41) is 9.07. The second-order valence-electron chi connectivity index (χ2n) is 5.19. The van der Waals surface area contributed by atoms with E-state index in [1.54, 1.807) is 0 Å². The summed E-state index contributed by atoms with van der Waals surface area (Å²) in [6.07, 6.45) is 1.76. The molecule has 0 saturated carbocycles. The number of rotatable bonds is 2. The topological polar surface area (TPSA) is 46.5 Å². The van der Waals surface area contributed by atoms with Crippen LogP contribution in [0.25, 0.3) is 5.57 Å². The van der Waals surface area contributed by atoms with Gasteiger partial charge >= 0.3 is 5.97 Å². The Morgan fingerprint density at radius 2 is 2.22 bits per heavy atom. The third-order valence-corrected chi connectivity index (χ3v) is 3.97. The van der Waals surface area contributed by atoms with Crippen molar-refractivity contribution in [3.63, 3.8) is 0 Å². The minimum Gasteiger partial charge on any atom is -0.481 e. The second-order valence-corrected chi connectivity index (χ2v) is 5.19. The van der Waals surface area contributed by atoms with Crippen molar-refractivity contribution >= 4 is 11.5 Å². The van der Waals surface area contributed by atoms with Gasteiger partial charge in [0, 0.05) is 0 Å². The number of carboxylic acid groups (broad SMARTS) is 1. The standard InChI is InChI=1S/C15H16O3/c1-15(9-14(16)17)13-8-10-4-2-3-5-11(10)12(13)6-7-18-15/h2-5H,6-9H2,1H3,(H,16,17). The van der Waals surface area contributed by atoms with Crippen molar-refractivity contribution in [3.8, 4) is 0 Å². The zero-order valence-corrected chi connectivity index (χ0v) is 10.4. The first-order chi connectivity index (χ1) is 8.60. The number of fused-ring (bicyclic) bond motifs is 2. The summed E-state index contributed by atoms with van der Waals surface area (Å²) in [6.45, 7) is 2.51. The SMILES string of the molecule is CC1(CC(=O)O)OCCC2=C1Cc1ccccc12. The Labute approximate surface area is 106 Å². The first-order valence-corrected chi connectivity index (χ1v) is 6.27. The van der Waals surface area contributed by atoms with Crippen LogP contribution < -0.4 is 0 Å². The predicted molar refractivity (Wildman–Crippen MR) is 68.3 cm³/mol. The number of hydrogen-bond acceptors (Lipinski definition) is 2. The van der Waals surface area contributed by atoms with Crippen molar-refractivity contribution in [2.24, 2.45) is 0 Å². The van der Waals surface area contributed by atoms with Crippen LogP contribution >= 0.6 is 0 Å². The Morgan fingerprint density at radius 3 is 3.00 bits per heavy atom. The number of carbonyl (C=O) groups is 1. The van der Waals surface area contributed by atoms with E-state index in [0.29, 0.717) is 6.61 Å². The molecule has 0 amide bonds. The number of hydrogen-bond donors (Lipinski definition) is 1. The summed E-state index contributed by atoms with van der Waals surface area (Å²) in [5.41, 5.74) is 4.41. The van der Waals surface area contributed by atoms with E-state index in [0.717, 1.165) is 18.4 Å². The van der Waals surface area contributed by atoms with E-state index >= 15 is 0 Å². The van der Waals surface area contributed by atoms with Crippen molar-refractivity contribution in [3.05, 3.63) is 41.0 Å². The van der Waals surface area contributed by atoms with Gasteiger partial charge in [-0.15, -0.1) is 0 Å². The van der Waals surface area contributed by atoms with Gasteiger partial charge in [0.15, 0.2) is 0 Å². The van der Waals surface area contributed by atoms with E-state index in [4.69, 9.17) is 9.84 Å². The lowest BCUT2D eigenvalue weighted by Crippen LogP contribution is -2.37. The molecule has 1 aromatic carbocycles. The van der Waals surface area contributed by atoms with Gasteiger partial charge in [-0.1, -0.05) is 24.3 Å². The average molecular weight is 244 g/mol. The molecule has 0 bridgehead atoms. The van der Waals surface area contributed by atoms with Gasteiger partial charge in [0.1, 0.15) is 0 Å². The molecule has 3 rings (SSSR count). The van der Waals surface area contributed by atoms with Gasteiger partial charge < -0.3 is 9.84 Å². The van der Waals surface area contributed by atoms with Crippen LogP contribution in [0.2, 0.25) is 0 Å². The Morgan fingerprint density at radius 1 is 1.44 bits per heavy atom. The summed E-state index contributed by atoms with van der Waals surface area (Å²) in [7, 11) is 0. The van der Waals surface area contributed by atoms with Gasteiger partial charge in [0.2, 0.25) is 0 Å². The predicted octanol–water partition coefficient (Wildman–Crippen LogP) is 2.65. The normalized spacial score (nSPS) is 25.8. The third-order valence-electron chi connectivity index (χ3n) is 3.97. The van der Waals surface area contributed by atoms with Crippen LogP contribution in [0, 0.1) is 0 Å². The Kier molecular flexibility index (Phi) is 2.52. The molecule has 0 saturated heterocycles. The molecule has 94 valence electrons. The van der Waals surface area contributed by atoms with E-state index in [-0.39, 0.29) is 6.42 Å². The average Bonchev–Trinajstić information content (AvgIpc) is 2.69. The molecule has 1 N–H and O–H groups in total. The second kappa shape index (κ2) is 3.95. The highest BCUT2D eigenvalue weighted by Crippen LogP contribution is 2.45. The number of aliphatic carboxylic acids is 1. The molecule has 0 aromatic heterocycles. The van der Waals surface area contributed by atoms with Crippen LogP contribution in [0.5, 0.6) is 0 Å². The molecule has 2 aliphatic rings. The van der Waals surface area contributed by atoms with Gasteiger partial charge in [0.05, 0.1) is 18.6 Å². The van der Waals surface area contributed by atoms with Crippen LogP contribution in [0.15, 0.2) is 29.8 Å². The molecule has 18 heavy (non-hydrogen) atoms. The lowest BCUT2D eigenvalue weighted by Gasteiger charge is -2.35. The molecular formula is C15H16O3. The molecule has 1 aromatic rings. The number of benzene rings is 1. The largest absolute Gasteiger partial charge is 0.481 e. The van der Waals surface area contributed by atoms with Crippen molar-refractivity contribution in [1.82, 2.24) is 0 Å². The maximum atomic E-state index is 11.0. The first kappa shape index (κ1) is 11.5. The maximum absolute atomic E-state index is 11.0. The summed E-state index contributed by atoms with van der Waals surface area (Å²) < 4.78 is 5.78.